The van der Waals surface area contributed by atoms with Gasteiger partial charge in [0, 0.05) is 5.56 Å². The molecule has 0 saturated heterocycles. The number of Topliss-reactive ketones (excluding diaryl/α,β-unsaturated/α-hetero) is 1. The quantitative estimate of drug-likeness (QED) is 0.851. The van der Waals surface area contributed by atoms with Crippen LogP contribution in [0.4, 0.5) is 0 Å². The Hall–Kier alpha value is -2.62. The van der Waals surface area contributed by atoms with E-state index in [1.54, 1.807) is 43.3 Å². The number of carbonyl (C=O) groups is 2. The van der Waals surface area contributed by atoms with Gasteiger partial charge in [-0.1, -0.05) is 24.3 Å². The van der Waals surface area contributed by atoms with Crippen molar-refractivity contribution in [3.05, 3.63) is 53.6 Å². The van der Waals surface area contributed by atoms with Gasteiger partial charge in [0.1, 0.15) is 11.3 Å². The van der Waals surface area contributed by atoms with Crippen LogP contribution in [-0.4, -0.2) is 23.5 Å². The van der Waals surface area contributed by atoms with Crippen molar-refractivity contribution in [1.29, 1.82) is 0 Å². The number of hydrogen-bond acceptors (Lipinski definition) is 3. The van der Waals surface area contributed by atoms with Gasteiger partial charge in [0.15, 0.2) is 5.78 Å². The second-order valence-electron chi connectivity index (χ2n) is 4.59. The highest BCUT2D eigenvalue weighted by Gasteiger charge is 2.13. The van der Waals surface area contributed by atoms with Crippen LogP contribution in [0.1, 0.15) is 34.6 Å². The standard InChI is InChI=1S/C17H16O4/c1-3-21-16-8-7-14(10-15(16)17(19)20)13-6-4-5-12(9-13)11(2)18/h4-10H,3H2,1-2H3,(H,19,20). The number of aromatic carboxylic acids is 1. The van der Waals surface area contributed by atoms with Crippen LogP contribution < -0.4 is 4.74 Å². The smallest absolute Gasteiger partial charge is 0.339 e. The minimum Gasteiger partial charge on any atom is -0.493 e. The number of ketones is 1. The molecule has 108 valence electrons. The molecule has 0 unspecified atom stereocenters. The fraction of sp³-hybridized carbons (Fsp3) is 0.176. The average molecular weight is 284 g/mol. The predicted molar refractivity (Wildman–Crippen MR) is 80.0 cm³/mol. The van der Waals surface area contributed by atoms with E-state index >= 15 is 0 Å². The van der Waals surface area contributed by atoms with E-state index in [4.69, 9.17) is 4.74 Å². The summed E-state index contributed by atoms with van der Waals surface area (Å²) in [6.07, 6.45) is 0. The summed E-state index contributed by atoms with van der Waals surface area (Å²) >= 11 is 0. The maximum atomic E-state index is 11.4. The SMILES string of the molecule is CCOc1ccc(-c2cccc(C(C)=O)c2)cc1C(=O)O. The van der Waals surface area contributed by atoms with Gasteiger partial charge in [-0.3, -0.25) is 4.79 Å². The zero-order chi connectivity index (χ0) is 15.4. The second-order valence-corrected chi connectivity index (χ2v) is 4.59. The Balaban J connectivity index is 2.49. The molecule has 0 bridgehead atoms. The van der Waals surface area contributed by atoms with Gasteiger partial charge in [-0.15, -0.1) is 0 Å². The summed E-state index contributed by atoms with van der Waals surface area (Å²) in [5.41, 5.74) is 2.24. The molecule has 21 heavy (non-hydrogen) atoms. The molecule has 0 aliphatic heterocycles. The zero-order valence-electron chi connectivity index (χ0n) is 11.9. The van der Waals surface area contributed by atoms with Crippen molar-refractivity contribution >= 4 is 11.8 Å². The molecule has 0 radical (unpaired) electrons. The number of carbonyl (C=O) groups excluding carboxylic acids is 1. The largest absolute Gasteiger partial charge is 0.493 e. The molecular formula is C17H16O4. The van der Waals surface area contributed by atoms with Crippen molar-refractivity contribution < 1.29 is 19.4 Å². The number of hydrogen-bond donors (Lipinski definition) is 1. The molecule has 0 spiro atoms. The maximum Gasteiger partial charge on any atom is 0.339 e. The molecule has 2 aromatic carbocycles. The number of benzene rings is 2. The highest BCUT2D eigenvalue weighted by atomic mass is 16.5. The second kappa shape index (κ2) is 6.22. The summed E-state index contributed by atoms with van der Waals surface area (Å²) in [6.45, 7) is 3.70. The van der Waals surface area contributed by atoms with E-state index in [0.717, 1.165) is 11.1 Å². The molecule has 4 nitrogen and oxygen atoms in total. The Bertz CT molecular complexity index is 689. The third-order valence-corrected chi connectivity index (χ3v) is 3.11. The van der Waals surface area contributed by atoms with E-state index < -0.39 is 5.97 Å². The highest BCUT2D eigenvalue weighted by Crippen LogP contribution is 2.27. The van der Waals surface area contributed by atoms with E-state index in [9.17, 15) is 14.7 Å². The average Bonchev–Trinajstić information content (AvgIpc) is 2.48. The van der Waals surface area contributed by atoms with Crippen molar-refractivity contribution in [2.75, 3.05) is 6.61 Å². The summed E-state index contributed by atoms with van der Waals surface area (Å²) in [5, 5.41) is 9.27. The van der Waals surface area contributed by atoms with Crippen LogP contribution in [0.15, 0.2) is 42.5 Å². The van der Waals surface area contributed by atoms with Gasteiger partial charge in [-0.05, 0) is 43.2 Å². The monoisotopic (exact) mass is 284 g/mol. The van der Waals surface area contributed by atoms with E-state index in [2.05, 4.69) is 0 Å². The molecule has 0 heterocycles. The van der Waals surface area contributed by atoms with Gasteiger partial charge in [0.25, 0.3) is 0 Å². The molecule has 1 N–H and O–H groups in total. The van der Waals surface area contributed by atoms with E-state index in [1.807, 2.05) is 6.07 Å². The molecule has 0 saturated carbocycles. The molecule has 0 aliphatic rings. The van der Waals surface area contributed by atoms with E-state index in [0.29, 0.717) is 17.9 Å². The van der Waals surface area contributed by atoms with Crippen molar-refractivity contribution in [3.63, 3.8) is 0 Å². The normalized spacial score (nSPS) is 10.2. The van der Waals surface area contributed by atoms with E-state index in [-0.39, 0.29) is 11.3 Å². The van der Waals surface area contributed by atoms with Crippen LogP contribution in [0.3, 0.4) is 0 Å². The number of carboxylic acid groups (broad SMARTS) is 1. The van der Waals surface area contributed by atoms with Gasteiger partial charge in [-0.25, -0.2) is 4.79 Å². The Morgan fingerprint density at radius 1 is 1.10 bits per heavy atom. The number of carboxylic acids is 1. The van der Waals surface area contributed by atoms with Gasteiger partial charge in [0.2, 0.25) is 0 Å². The first-order valence-electron chi connectivity index (χ1n) is 6.64. The minimum absolute atomic E-state index is 0.0266. The molecule has 0 fully saturated rings. The number of rotatable bonds is 5. The van der Waals surface area contributed by atoms with Gasteiger partial charge in [0.05, 0.1) is 6.61 Å². The topological polar surface area (TPSA) is 63.6 Å². The lowest BCUT2D eigenvalue weighted by Crippen LogP contribution is -2.03. The van der Waals surface area contributed by atoms with Crippen molar-refractivity contribution in [3.8, 4) is 16.9 Å². The molecule has 0 amide bonds. The first-order valence-corrected chi connectivity index (χ1v) is 6.64. The lowest BCUT2D eigenvalue weighted by molar-refractivity contribution is 0.0692. The van der Waals surface area contributed by atoms with Gasteiger partial charge in [-0.2, -0.15) is 0 Å². The van der Waals surface area contributed by atoms with E-state index in [1.165, 1.54) is 6.92 Å². The Morgan fingerprint density at radius 3 is 2.43 bits per heavy atom. The Labute approximate surface area is 123 Å². The van der Waals surface area contributed by atoms with Crippen LogP contribution in [-0.2, 0) is 0 Å². The highest BCUT2D eigenvalue weighted by molar-refractivity contribution is 5.96. The van der Waals surface area contributed by atoms with Crippen LogP contribution in [0.2, 0.25) is 0 Å². The summed E-state index contributed by atoms with van der Waals surface area (Å²) in [5.74, 6) is -0.722. The first-order chi connectivity index (χ1) is 10.0. The minimum atomic E-state index is -1.04. The molecular weight excluding hydrogens is 268 g/mol. The molecule has 0 aliphatic carbocycles. The summed E-state index contributed by atoms with van der Waals surface area (Å²) in [4.78, 5) is 22.8. The van der Waals surface area contributed by atoms with Crippen molar-refractivity contribution in [1.82, 2.24) is 0 Å². The van der Waals surface area contributed by atoms with Crippen LogP contribution in [0, 0.1) is 0 Å². The van der Waals surface area contributed by atoms with Crippen molar-refractivity contribution in [2.24, 2.45) is 0 Å². The lowest BCUT2D eigenvalue weighted by atomic mass is 9.99. The fourth-order valence-corrected chi connectivity index (χ4v) is 2.08. The Kier molecular flexibility index (Phi) is 4.38. The van der Waals surface area contributed by atoms with Gasteiger partial charge >= 0.3 is 5.97 Å². The molecule has 4 heteroatoms. The molecule has 0 atom stereocenters. The number of ether oxygens (including phenoxy) is 1. The fourth-order valence-electron chi connectivity index (χ4n) is 2.08. The van der Waals surface area contributed by atoms with Gasteiger partial charge < -0.3 is 9.84 Å². The molecule has 0 aromatic heterocycles. The summed E-state index contributed by atoms with van der Waals surface area (Å²) < 4.78 is 5.32. The third-order valence-electron chi connectivity index (χ3n) is 3.11. The Morgan fingerprint density at radius 2 is 1.81 bits per heavy atom. The zero-order valence-corrected chi connectivity index (χ0v) is 11.9. The van der Waals surface area contributed by atoms with Crippen LogP contribution in [0.5, 0.6) is 5.75 Å². The summed E-state index contributed by atoms with van der Waals surface area (Å²) in [7, 11) is 0. The van der Waals surface area contributed by atoms with Crippen LogP contribution >= 0.6 is 0 Å². The molecule has 2 aromatic rings. The summed E-state index contributed by atoms with van der Waals surface area (Å²) in [6, 6.07) is 12.1. The third kappa shape index (κ3) is 3.28. The van der Waals surface area contributed by atoms with Crippen LogP contribution in [0.25, 0.3) is 11.1 Å². The maximum absolute atomic E-state index is 11.4. The lowest BCUT2D eigenvalue weighted by Gasteiger charge is -2.10. The van der Waals surface area contributed by atoms with Crippen molar-refractivity contribution in [2.45, 2.75) is 13.8 Å². The molecule has 2 rings (SSSR count). The predicted octanol–water partition coefficient (Wildman–Crippen LogP) is 3.65. The first kappa shape index (κ1) is 14.8.